The number of ketones is 1. The monoisotopic (exact) mass is 267 g/mol. The smallest absolute Gasteiger partial charge is 0.167 e. The summed E-state index contributed by atoms with van der Waals surface area (Å²) >= 11 is 0. The average Bonchev–Trinajstić information content (AvgIpc) is 2.44. The Bertz CT molecular complexity index is 599. The van der Waals surface area contributed by atoms with Crippen LogP contribution < -0.4 is 5.73 Å². The van der Waals surface area contributed by atoms with Crippen molar-refractivity contribution in [2.45, 2.75) is 26.7 Å². The van der Waals surface area contributed by atoms with Crippen molar-refractivity contribution >= 4 is 5.78 Å². The third kappa shape index (κ3) is 3.55. The second-order valence-electron chi connectivity index (χ2n) is 5.25. The summed E-state index contributed by atoms with van der Waals surface area (Å²) in [6.45, 7) is 4.79. The standard InChI is InChI=1S/C18H21NO/c1-13-3-4-16(11-14(13)2)12-18(20)17-7-5-15(6-8-17)9-10-19/h3-8,11H,9-10,12,19H2,1-2H3. The van der Waals surface area contributed by atoms with E-state index in [1.165, 1.54) is 16.7 Å². The van der Waals surface area contributed by atoms with Gasteiger partial charge in [-0.05, 0) is 49.1 Å². The summed E-state index contributed by atoms with van der Waals surface area (Å²) in [5.74, 6) is 0.160. The van der Waals surface area contributed by atoms with E-state index in [9.17, 15) is 4.79 Å². The van der Waals surface area contributed by atoms with Crippen molar-refractivity contribution in [3.05, 3.63) is 70.3 Å². The molecule has 0 aromatic heterocycles. The van der Waals surface area contributed by atoms with E-state index in [0.717, 1.165) is 17.5 Å². The van der Waals surface area contributed by atoms with Crippen molar-refractivity contribution in [2.24, 2.45) is 5.73 Å². The average molecular weight is 267 g/mol. The van der Waals surface area contributed by atoms with Gasteiger partial charge in [0, 0.05) is 12.0 Å². The van der Waals surface area contributed by atoms with Gasteiger partial charge < -0.3 is 5.73 Å². The first kappa shape index (κ1) is 14.5. The first-order valence-electron chi connectivity index (χ1n) is 6.98. The largest absolute Gasteiger partial charge is 0.330 e. The number of nitrogens with two attached hydrogens (primary N) is 1. The summed E-state index contributed by atoms with van der Waals surface area (Å²) in [5.41, 5.74) is 11.0. The van der Waals surface area contributed by atoms with Gasteiger partial charge in [-0.3, -0.25) is 4.79 Å². The Morgan fingerprint density at radius 3 is 2.20 bits per heavy atom. The van der Waals surface area contributed by atoms with Crippen molar-refractivity contribution in [3.8, 4) is 0 Å². The van der Waals surface area contributed by atoms with Gasteiger partial charge >= 0.3 is 0 Å². The number of hydrogen-bond acceptors (Lipinski definition) is 2. The molecule has 2 rings (SSSR count). The molecule has 0 spiro atoms. The molecule has 0 bridgehead atoms. The van der Waals surface area contributed by atoms with E-state index >= 15 is 0 Å². The van der Waals surface area contributed by atoms with Crippen molar-refractivity contribution in [2.75, 3.05) is 6.54 Å². The third-order valence-corrected chi connectivity index (χ3v) is 3.64. The molecule has 2 N–H and O–H groups in total. The van der Waals surface area contributed by atoms with Crippen molar-refractivity contribution in [1.29, 1.82) is 0 Å². The predicted molar refractivity (Wildman–Crippen MR) is 83.2 cm³/mol. The number of rotatable bonds is 5. The minimum Gasteiger partial charge on any atom is -0.330 e. The molecule has 0 radical (unpaired) electrons. The van der Waals surface area contributed by atoms with Crippen LogP contribution in [0.5, 0.6) is 0 Å². The molecular weight excluding hydrogens is 246 g/mol. The summed E-state index contributed by atoms with van der Waals surface area (Å²) in [6.07, 6.45) is 1.31. The molecule has 0 aliphatic rings. The van der Waals surface area contributed by atoms with Crippen LogP contribution in [0.25, 0.3) is 0 Å². The van der Waals surface area contributed by atoms with Gasteiger partial charge in [-0.15, -0.1) is 0 Å². The topological polar surface area (TPSA) is 43.1 Å². The minimum atomic E-state index is 0.160. The summed E-state index contributed by atoms with van der Waals surface area (Å²) in [7, 11) is 0. The lowest BCUT2D eigenvalue weighted by molar-refractivity contribution is 0.0993. The maximum Gasteiger partial charge on any atom is 0.167 e. The van der Waals surface area contributed by atoms with Crippen LogP contribution in [-0.2, 0) is 12.8 Å². The molecule has 2 aromatic rings. The zero-order chi connectivity index (χ0) is 14.5. The lowest BCUT2D eigenvalue weighted by Gasteiger charge is -2.06. The third-order valence-electron chi connectivity index (χ3n) is 3.64. The molecule has 0 fully saturated rings. The molecule has 0 atom stereocenters. The lowest BCUT2D eigenvalue weighted by atomic mass is 9.98. The quantitative estimate of drug-likeness (QED) is 0.845. The number of hydrogen-bond donors (Lipinski definition) is 1. The Kier molecular flexibility index (Phi) is 4.70. The van der Waals surface area contributed by atoms with Gasteiger partial charge in [-0.1, -0.05) is 42.5 Å². The van der Waals surface area contributed by atoms with Crippen LogP contribution in [0, 0.1) is 13.8 Å². The highest BCUT2D eigenvalue weighted by molar-refractivity contribution is 5.97. The number of aryl methyl sites for hydroxylation is 2. The Morgan fingerprint density at radius 1 is 0.950 bits per heavy atom. The second kappa shape index (κ2) is 6.49. The molecule has 2 heteroatoms. The SMILES string of the molecule is Cc1ccc(CC(=O)c2ccc(CCN)cc2)cc1C. The van der Waals surface area contributed by atoms with E-state index < -0.39 is 0 Å². The van der Waals surface area contributed by atoms with Gasteiger partial charge in [-0.2, -0.15) is 0 Å². The van der Waals surface area contributed by atoms with Crippen LogP contribution in [0.2, 0.25) is 0 Å². The lowest BCUT2D eigenvalue weighted by Crippen LogP contribution is -2.05. The molecule has 20 heavy (non-hydrogen) atoms. The molecule has 0 saturated heterocycles. The first-order chi connectivity index (χ1) is 9.60. The number of benzene rings is 2. The number of carbonyl (C=O) groups is 1. The maximum atomic E-state index is 12.3. The van der Waals surface area contributed by atoms with E-state index in [2.05, 4.69) is 26.0 Å². The molecule has 2 nitrogen and oxygen atoms in total. The van der Waals surface area contributed by atoms with Gasteiger partial charge in [0.1, 0.15) is 0 Å². The molecule has 0 aliphatic heterocycles. The fourth-order valence-electron chi connectivity index (χ4n) is 2.22. The Labute approximate surface area is 120 Å². The highest BCUT2D eigenvalue weighted by Gasteiger charge is 2.07. The fourth-order valence-corrected chi connectivity index (χ4v) is 2.22. The number of carbonyl (C=O) groups excluding carboxylic acids is 1. The van der Waals surface area contributed by atoms with Crippen LogP contribution in [0.4, 0.5) is 0 Å². The molecule has 104 valence electrons. The van der Waals surface area contributed by atoms with Crippen LogP contribution in [0.15, 0.2) is 42.5 Å². The van der Waals surface area contributed by atoms with Crippen LogP contribution in [-0.4, -0.2) is 12.3 Å². The fraction of sp³-hybridized carbons (Fsp3) is 0.278. The van der Waals surface area contributed by atoms with Gasteiger partial charge in [0.25, 0.3) is 0 Å². The second-order valence-corrected chi connectivity index (χ2v) is 5.25. The van der Waals surface area contributed by atoms with E-state index in [1.807, 2.05) is 30.3 Å². The highest BCUT2D eigenvalue weighted by atomic mass is 16.1. The van der Waals surface area contributed by atoms with E-state index in [1.54, 1.807) is 0 Å². The zero-order valence-electron chi connectivity index (χ0n) is 12.1. The van der Waals surface area contributed by atoms with E-state index in [4.69, 9.17) is 5.73 Å². The van der Waals surface area contributed by atoms with Crippen LogP contribution in [0.3, 0.4) is 0 Å². The molecule has 0 heterocycles. The Balaban J connectivity index is 2.09. The Morgan fingerprint density at radius 2 is 1.60 bits per heavy atom. The minimum absolute atomic E-state index is 0.160. The van der Waals surface area contributed by atoms with Crippen molar-refractivity contribution < 1.29 is 4.79 Å². The van der Waals surface area contributed by atoms with Gasteiger partial charge in [0.2, 0.25) is 0 Å². The Hall–Kier alpha value is -1.93. The maximum absolute atomic E-state index is 12.3. The molecule has 0 unspecified atom stereocenters. The van der Waals surface area contributed by atoms with Crippen molar-refractivity contribution in [1.82, 2.24) is 0 Å². The number of Topliss-reactive ketones (excluding diaryl/α,β-unsaturated/α-hetero) is 1. The molecule has 2 aromatic carbocycles. The van der Waals surface area contributed by atoms with Gasteiger partial charge in [-0.25, -0.2) is 0 Å². The predicted octanol–water partition coefficient (Wildman–Crippen LogP) is 3.23. The van der Waals surface area contributed by atoms with E-state index in [0.29, 0.717) is 13.0 Å². The molecule has 0 aliphatic carbocycles. The van der Waals surface area contributed by atoms with E-state index in [-0.39, 0.29) is 5.78 Å². The first-order valence-corrected chi connectivity index (χ1v) is 6.98. The van der Waals surface area contributed by atoms with Crippen molar-refractivity contribution in [3.63, 3.8) is 0 Å². The highest BCUT2D eigenvalue weighted by Crippen LogP contribution is 2.13. The normalized spacial score (nSPS) is 10.6. The van der Waals surface area contributed by atoms with Gasteiger partial charge in [0.05, 0.1) is 0 Å². The summed E-state index contributed by atoms with van der Waals surface area (Å²) in [5, 5.41) is 0. The molecular formula is C18H21NO. The van der Waals surface area contributed by atoms with Crippen LogP contribution in [0.1, 0.15) is 32.6 Å². The zero-order valence-corrected chi connectivity index (χ0v) is 12.1. The molecule has 0 saturated carbocycles. The summed E-state index contributed by atoms with van der Waals surface area (Å²) in [4.78, 5) is 12.3. The van der Waals surface area contributed by atoms with Gasteiger partial charge in [0.15, 0.2) is 5.78 Å². The summed E-state index contributed by atoms with van der Waals surface area (Å²) in [6, 6.07) is 14.0. The van der Waals surface area contributed by atoms with Crippen LogP contribution >= 0.6 is 0 Å². The molecule has 0 amide bonds. The summed E-state index contributed by atoms with van der Waals surface area (Å²) < 4.78 is 0.